The Morgan fingerprint density at radius 1 is 1.48 bits per heavy atom. The molecular formula is C12H12BrN3O4S. The Hall–Kier alpha value is -1.87. The van der Waals surface area contributed by atoms with E-state index in [-0.39, 0.29) is 17.1 Å². The molecule has 112 valence electrons. The number of carbonyl (C=O) groups is 1. The van der Waals surface area contributed by atoms with E-state index in [9.17, 15) is 13.2 Å². The molecule has 7 nitrogen and oxygen atoms in total. The third-order valence-corrected chi connectivity index (χ3v) is 4.92. The van der Waals surface area contributed by atoms with Crippen LogP contribution in [0.15, 0.2) is 40.0 Å². The summed E-state index contributed by atoms with van der Waals surface area (Å²) in [4.78, 5) is 10.7. The van der Waals surface area contributed by atoms with Crippen molar-refractivity contribution in [1.29, 1.82) is 0 Å². The lowest BCUT2D eigenvalue weighted by Crippen LogP contribution is -2.13. The molecule has 0 saturated carbocycles. The number of hydrogen-bond acceptors (Lipinski definition) is 4. The van der Waals surface area contributed by atoms with Gasteiger partial charge in [-0.05, 0) is 40.5 Å². The van der Waals surface area contributed by atoms with Crippen LogP contribution >= 0.6 is 15.9 Å². The Labute approximate surface area is 129 Å². The number of aliphatic carboxylic acids is 1. The van der Waals surface area contributed by atoms with Gasteiger partial charge in [-0.3, -0.25) is 14.2 Å². The molecule has 21 heavy (non-hydrogen) atoms. The lowest BCUT2D eigenvalue weighted by atomic mass is 10.2. The summed E-state index contributed by atoms with van der Waals surface area (Å²) in [5.74, 6) is -1.06. The van der Waals surface area contributed by atoms with Gasteiger partial charge in [0.05, 0.1) is 11.9 Å². The molecule has 9 heteroatoms. The van der Waals surface area contributed by atoms with Crippen LogP contribution in [-0.4, -0.2) is 29.3 Å². The first-order chi connectivity index (χ1) is 9.78. The number of hydrogen-bond donors (Lipinski definition) is 2. The topological polar surface area (TPSA) is 101 Å². The largest absolute Gasteiger partial charge is 0.480 e. The van der Waals surface area contributed by atoms with Crippen LogP contribution in [0.3, 0.4) is 0 Å². The maximum atomic E-state index is 12.3. The van der Waals surface area contributed by atoms with Crippen LogP contribution in [0.1, 0.15) is 5.56 Å². The number of aromatic nitrogens is 2. The van der Waals surface area contributed by atoms with Gasteiger partial charge in [-0.1, -0.05) is 6.07 Å². The van der Waals surface area contributed by atoms with E-state index in [1.807, 2.05) is 6.92 Å². The van der Waals surface area contributed by atoms with Crippen LogP contribution in [0.4, 0.5) is 5.69 Å². The second kappa shape index (κ2) is 5.86. The van der Waals surface area contributed by atoms with Gasteiger partial charge in [0.25, 0.3) is 10.0 Å². The van der Waals surface area contributed by atoms with Gasteiger partial charge in [0, 0.05) is 10.7 Å². The molecule has 0 atom stereocenters. The lowest BCUT2D eigenvalue weighted by molar-refractivity contribution is -0.137. The van der Waals surface area contributed by atoms with E-state index in [0.717, 1.165) is 10.2 Å². The van der Waals surface area contributed by atoms with Crippen molar-refractivity contribution in [3.63, 3.8) is 0 Å². The number of rotatable bonds is 5. The van der Waals surface area contributed by atoms with Crippen molar-refractivity contribution in [3.05, 3.63) is 40.6 Å². The van der Waals surface area contributed by atoms with Crippen LogP contribution in [0.25, 0.3) is 0 Å². The molecule has 0 fully saturated rings. The van der Waals surface area contributed by atoms with Gasteiger partial charge < -0.3 is 5.11 Å². The molecule has 0 aliphatic rings. The molecule has 2 rings (SSSR count). The maximum Gasteiger partial charge on any atom is 0.325 e. The number of anilines is 1. The number of nitrogens with zero attached hydrogens (tertiary/aromatic N) is 2. The fraction of sp³-hybridized carbons (Fsp3) is 0.167. The Balaban J connectivity index is 2.25. The van der Waals surface area contributed by atoms with Crippen molar-refractivity contribution in [2.24, 2.45) is 0 Å². The van der Waals surface area contributed by atoms with Gasteiger partial charge in [0.2, 0.25) is 0 Å². The highest BCUT2D eigenvalue weighted by molar-refractivity contribution is 9.10. The molecule has 0 unspecified atom stereocenters. The van der Waals surface area contributed by atoms with E-state index in [0.29, 0.717) is 4.47 Å². The van der Waals surface area contributed by atoms with Gasteiger partial charge >= 0.3 is 5.97 Å². The van der Waals surface area contributed by atoms with Crippen molar-refractivity contribution in [2.45, 2.75) is 18.4 Å². The third-order valence-electron chi connectivity index (χ3n) is 2.56. The van der Waals surface area contributed by atoms with E-state index < -0.39 is 16.0 Å². The summed E-state index contributed by atoms with van der Waals surface area (Å²) < 4.78 is 28.5. The minimum absolute atomic E-state index is 0.0964. The smallest absolute Gasteiger partial charge is 0.325 e. The molecule has 0 spiro atoms. The van der Waals surface area contributed by atoms with Gasteiger partial charge in [-0.15, -0.1) is 0 Å². The summed E-state index contributed by atoms with van der Waals surface area (Å²) in [6.45, 7) is 1.51. The van der Waals surface area contributed by atoms with Crippen LogP contribution < -0.4 is 4.72 Å². The third kappa shape index (κ3) is 3.82. The van der Waals surface area contributed by atoms with E-state index in [1.54, 1.807) is 12.1 Å². The average molecular weight is 374 g/mol. The Morgan fingerprint density at radius 2 is 2.19 bits per heavy atom. The summed E-state index contributed by atoms with van der Waals surface area (Å²) in [6.07, 6.45) is 2.57. The fourth-order valence-electron chi connectivity index (χ4n) is 1.68. The van der Waals surface area contributed by atoms with Gasteiger partial charge in [0.15, 0.2) is 0 Å². The predicted octanol–water partition coefficient (Wildman–Crippen LogP) is 1.84. The van der Waals surface area contributed by atoms with Gasteiger partial charge in [-0.2, -0.15) is 5.10 Å². The van der Waals surface area contributed by atoms with Gasteiger partial charge in [0.1, 0.15) is 11.4 Å². The number of sulfonamides is 1. The molecule has 1 aromatic carbocycles. The molecular weight excluding hydrogens is 362 g/mol. The zero-order valence-electron chi connectivity index (χ0n) is 10.9. The van der Waals surface area contributed by atoms with E-state index in [4.69, 9.17) is 5.11 Å². The summed E-state index contributed by atoms with van der Waals surface area (Å²) in [5, 5.41) is 12.4. The number of nitrogens with one attached hydrogen (secondary N) is 1. The zero-order valence-corrected chi connectivity index (χ0v) is 13.3. The first-order valence-electron chi connectivity index (χ1n) is 5.81. The van der Waals surface area contributed by atoms with Crippen LogP contribution in [0.2, 0.25) is 0 Å². The SMILES string of the molecule is Cc1ccc(S(=O)(=O)Nc2cnn(CC(=O)O)c2)c(Br)c1. The Kier molecular flexibility index (Phi) is 4.33. The van der Waals surface area contributed by atoms with Crippen LogP contribution in [-0.2, 0) is 21.4 Å². The molecule has 0 bridgehead atoms. The molecule has 0 radical (unpaired) electrons. The molecule has 1 heterocycles. The highest BCUT2D eigenvalue weighted by atomic mass is 79.9. The second-order valence-electron chi connectivity index (χ2n) is 4.36. The summed E-state index contributed by atoms with van der Waals surface area (Å²) in [6, 6.07) is 4.87. The lowest BCUT2D eigenvalue weighted by Gasteiger charge is -2.08. The molecule has 0 amide bonds. The highest BCUT2D eigenvalue weighted by Crippen LogP contribution is 2.25. The second-order valence-corrected chi connectivity index (χ2v) is 6.86. The van der Waals surface area contributed by atoms with Crippen molar-refractivity contribution in [3.8, 4) is 0 Å². The Bertz CT molecular complexity index is 786. The molecule has 0 saturated heterocycles. The van der Waals surface area contributed by atoms with Crippen LogP contribution in [0, 0.1) is 6.92 Å². The molecule has 1 aromatic heterocycles. The van der Waals surface area contributed by atoms with E-state index in [1.165, 1.54) is 18.5 Å². The number of carboxylic acid groups (broad SMARTS) is 1. The predicted molar refractivity (Wildman–Crippen MR) is 79.6 cm³/mol. The number of carboxylic acids is 1. The van der Waals surface area contributed by atoms with Crippen molar-refractivity contribution in [2.75, 3.05) is 4.72 Å². The monoisotopic (exact) mass is 373 g/mol. The first-order valence-corrected chi connectivity index (χ1v) is 8.09. The van der Waals surface area contributed by atoms with E-state index in [2.05, 4.69) is 25.8 Å². The van der Waals surface area contributed by atoms with E-state index >= 15 is 0 Å². The first kappa shape index (κ1) is 15.5. The van der Waals surface area contributed by atoms with Crippen molar-refractivity contribution >= 4 is 37.6 Å². The molecule has 2 aromatic rings. The van der Waals surface area contributed by atoms with Crippen LogP contribution in [0.5, 0.6) is 0 Å². The number of benzene rings is 1. The zero-order chi connectivity index (χ0) is 15.6. The summed E-state index contributed by atoms with van der Waals surface area (Å²) in [7, 11) is -3.77. The quantitative estimate of drug-likeness (QED) is 0.832. The average Bonchev–Trinajstić information content (AvgIpc) is 2.73. The minimum Gasteiger partial charge on any atom is -0.480 e. The molecule has 0 aliphatic heterocycles. The van der Waals surface area contributed by atoms with Crippen molar-refractivity contribution < 1.29 is 18.3 Å². The number of aryl methyl sites for hydroxylation is 1. The maximum absolute atomic E-state index is 12.3. The minimum atomic E-state index is -3.77. The normalized spacial score (nSPS) is 11.3. The summed E-state index contributed by atoms with van der Waals surface area (Å²) in [5.41, 5.74) is 1.12. The molecule has 2 N–H and O–H groups in total. The fourth-order valence-corrected chi connectivity index (χ4v) is 3.90. The Morgan fingerprint density at radius 3 is 2.81 bits per heavy atom. The highest BCUT2D eigenvalue weighted by Gasteiger charge is 2.18. The standard InChI is InChI=1S/C12H12BrN3O4S/c1-8-2-3-11(10(13)4-8)21(19,20)15-9-5-14-16(6-9)7-12(17)18/h2-6,15H,7H2,1H3,(H,17,18). The number of halogens is 1. The van der Waals surface area contributed by atoms with Crippen molar-refractivity contribution in [1.82, 2.24) is 9.78 Å². The summed E-state index contributed by atoms with van der Waals surface area (Å²) >= 11 is 3.22. The van der Waals surface area contributed by atoms with Gasteiger partial charge in [-0.25, -0.2) is 8.42 Å². The molecule has 0 aliphatic carbocycles.